The van der Waals surface area contributed by atoms with Crippen LogP contribution in [-0.2, 0) is 49.0 Å². The van der Waals surface area contributed by atoms with Gasteiger partial charge in [-0.2, -0.15) is 0 Å². The van der Waals surface area contributed by atoms with E-state index in [4.69, 9.17) is 49.0 Å². The van der Waals surface area contributed by atoms with Crippen molar-refractivity contribution in [3.63, 3.8) is 0 Å². The first-order valence-electron chi connectivity index (χ1n) is 10.5. The van der Waals surface area contributed by atoms with Gasteiger partial charge in [0.2, 0.25) is 0 Å². The van der Waals surface area contributed by atoms with E-state index in [0.29, 0.717) is 0 Å². The molecule has 0 aromatic carbocycles. The monoisotopic (exact) mass is 848 g/mol. The van der Waals surface area contributed by atoms with Crippen LogP contribution in [0.3, 0.4) is 0 Å². The van der Waals surface area contributed by atoms with Crippen LogP contribution in [-0.4, -0.2) is 60.3 Å². The van der Waals surface area contributed by atoms with Crippen LogP contribution in [0.2, 0.25) is 0 Å². The van der Waals surface area contributed by atoms with Crippen molar-refractivity contribution in [3.8, 4) is 0 Å². The predicted molar refractivity (Wildman–Crippen MR) is 165 cm³/mol. The summed E-state index contributed by atoms with van der Waals surface area (Å²) in [4.78, 5) is 34.2. The molecule has 0 spiro atoms. The van der Waals surface area contributed by atoms with Gasteiger partial charge in [0.05, 0.1) is 18.3 Å². The van der Waals surface area contributed by atoms with Gasteiger partial charge in [-0.1, -0.05) is 77.0 Å². The van der Waals surface area contributed by atoms with Crippen molar-refractivity contribution < 1.29 is 28.3 Å². The summed E-state index contributed by atoms with van der Waals surface area (Å²) in [5.74, 6) is 0. The van der Waals surface area contributed by atoms with E-state index in [0.717, 1.165) is 0 Å². The molecule has 0 saturated carbocycles. The van der Waals surface area contributed by atoms with Crippen molar-refractivity contribution in [3.05, 3.63) is 0 Å². The van der Waals surface area contributed by atoms with E-state index in [9.17, 15) is 14.7 Å². The Bertz CT molecular complexity index is 526. The first-order valence-corrected chi connectivity index (χ1v) is 22.9. The summed E-state index contributed by atoms with van der Waals surface area (Å²) in [7, 11) is 0. The van der Waals surface area contributed by atoms with Crippen LogP contribution in [0.4, 0.5) is 0 Å². The summed E-state index contributed by atoms with van der Waals surface area (Å²) < 4.78 is 15.2. The molecular formula is C18H42BiO6P3S6. The number of rotatable bonds is 12. The van der Waals surface area contributed by atoms with Gasteiger partial charge in [-0.3, -0.25) is 0 Å². The summed E-state index contributed by atoms with van der Waals surface area (Å²) in [6, 6.07) is 0. The van der Waals surface area contributed by atoms with E-state index < -0.39 is 17.1 Å². The van der Waals surface area contributed by atoms with Gasteiger partial charge in [0, 0.05) is 32.8 Å². The molecule has 3 unspecified atom stereocenters. The molecule has 0 rings (SSSR count). The Balaban J connectivity index is -0.000000196. The summed E-state index contributed by atoms with van der Waals surface area (Å²) in [5.41, 5.74) is -8.41. The van der Waals surface area contributed by atoms with Crippen molar-refractivity contribution >= 4 is 113 Å². The van der Waals surface area contributed by atoms with Crippen LogP contribution in [0.5, 0.6) is 0 Å². The Hall–Kier alpha value is 3.64. The third kappa shape index (κ3) is 37.8. The molecule has 0 aromatic rings. The zero-order valence-corrected chi connectivity index (χ0v) is 33.2. The van der Waals surface area contributed by atoms with Gasteiger partial charge in [-0.25, -0.2) is 0 Å². The predicted octanol–water partition coefficient (Wildman–Crippen LogP) is 6.03. The minimum absolute atomic E-state index is 0. The maximum Gasteiger partial charge on any atom is 3.00 e. The summed E-state index contributed by atoms with van der Waals surface area (Å²) in [5, 5.41) is 0.784. The van der Waals surface area contributed by atoms with Crippen molar-refractivity contribution in [2.45, 2.75) is 117 Å². The van der Waals surface area contributed by atoms with Gasteiger partial charge in [0.1, 0.15) is 0 Å². The SMILES string of the molecule is CC(C)OP([O-])(=S)SC(C)C.CC(C)OP([O-])(=S)SC(C)C.CC(C)OP([O-])(=S)SC(C)C.[Bi+3]. The molecule has 3 atom stereocenters. The molecule has 2 radical (unpaired) electrons. The quantitative estimate of drug-likeness (QED) is 0.170. The second-order valence-electron chi connectivity index (χ2n) is 8.27. The molecule has 0 heterocycles. The van der Waals surface area contributed by atoms with Crippen LogP contribution in [0.15, 0.2) is 0 Å². The molecule has 0 aliphatic heterocycles. The molecule has 0 bridgehead atoms. The molecule has 0 amide bonds. The van der Waals surface area contributed by atoms with E-state index in [1.165, 1.54) is 34.1 Å². The van der Waals surface area contributed by atoms with Crippen molar-refractivity contribution in [2.75, 3.05) is 0 Å². The molecule has 0 N–H and O–H groups in total. The molecule has 206 valence electrons. The fraction of sp³-hybridized carbons (Fsp3) is 1.00. The standard InChI is InChI=1S/3C6H15O2PS2.Bi/c3*1-5(2)8-9(7,10)11-6(3)4;/h3*5-6H,1-4H3,(H,7,10);/q;;;+3/p-3. The van der Waals surface area contributed by atoms with Gasteiger partial charge in [-0.15, -0.1) is 34.1 Å². The maximum absolute atomic E-state index is 11.4. The smallest absolute Gasteiger partial charge is 0.793 e. The Kier molecular flexibility index (Phi) is 29.3. The van der Waals surface area contributed by atoms with E-state index >= 15 is 0 Å². The maximum atomic E-state index is 11.4. The molecular weight excluding hydrogens is 806 g/mol. The third-order valence-corrected chi connectivity index (χ3v) is 16.1. The van der Waals surface area contributed by atoms with Gasteiger partial charge >= 0.3 is 26.2 Å². The van der Waals surface area contributed by atoms with Crippen LogP contribution in [0.25, 0.3) is 0 Å². The summed E-state index contributed by atoms with van der Waals surface area (Å²) in [6.45, 7) is 22.7. The summed E-state index contributed by atoms with van der Waals surface area (Å²) in [6.07, 6.45) is -0.154. The third-order valence-electron chi connectivity index (χ3n) is 2.04. The first-order chi connectivity index (χ1) is 14.5. The Morgan fingerprint density at radius 1 is 0.471 bits per heavy atom. The Morgan fingerprint density at radius 3 is 0.706 bits per heavy atom. The molecule has 34 heavy (non-hydrogen) atoms. The van der Waals surface area contributed by atoms with Crippen molar-refractivity contribution in [2.24, 2.45) is 0 Å². The minimum atomic E-state index is -2.80. The molecule has 16 heteroatoms. The molecule has 0 saturated heterocycles. The fourth-order valence-corrected chi connectivity index (χ4v) is 17.7. The van der Waals surface area contributed by atoms with E-state index in [2.05, 4.69) is 0 Å². The van der Waals surface area contributed by atoms with Crippen LogP contribution in [0, 0.1) is 0 Å². The largest absolute Gasteiger partial charge is 3.00 e. The molecule has 0 aliphatic rings. The van der Waals surface area contributed by atoms with E-state index in [1.807, 2.05) is 83.1 Å². The second kappa shape index (κ2) is 22.3. The average Bonchev–Trinajstić information content (AvgIpc) is 2.38. The average molecular weight is 849 g/mol. The fourth-order valence-electron chi connectivity index (χ4n) is 1.62. The van der Waals surface area contributed by atoms with Crippen LogP contribution in [0.1, 0.15) is 83.1 Å². The molecule has 0 aromatic heterocycles. The normalized spacial score (nSPS) is 16.9. The Labute approximate surface area is 255 Å². The molecule has 6 nitrogen and oxygen atoms in total. The summed E-state index contributed by atoms with van der Waals surface area (Å²) >= 11 is 18.1. The van der Waals surface area contributed by atoms with E-state index in [-0.39, 0.29) is 60.3 Å². The second-order valence-corrected chi connectivity index (χ2v) is 27.7. The van der Waals surface area contributed by atoms with Crippen molar-refractivity contribution in [1.29, 1.82) is 0 Å². The number of hydrogen-bond acceptors (Lipinski definition) is 12. The molecule has 0 fully saturated rings. The first kappa shape index (κ1) is 44.7. The topological polar surface area (TPSA) is 96.9 Å². The van der Waals surface area contributed by atoms with Crippen LogP contribution < -0.4 is 14.7 Å². The Morgan fingerprint density at radius 2 is 0.618 bits per heavy atom. The van der Waals surface area contributed by atoms with Gasteiger partial charge in [0.15, 0.2) is 0 Å². The number of hydrogen-bond donors (Lipinski definition) is 0. The van der Waals surface area contributed by atoms with Gasteiger partial charge in [-0.05, 0) is 41.5 Å². The van der Waals surface area contributed by atoms with Crippen molar-refractivity contribution in [1.82, 2.24) is 0 Å². The van der Waals surface area contributed by atoms with Gasteiger partial charge < -0.3 is 28.3 Å². The minimum Gasteiger partial charge on any atom is -0.793 e. The van der Waals surface area contributed by atoms with Gasteiger partial charge in [0.25, 0.3) is 0 Å². The zero-order chi connectivity index (χ0) is 27.2. The van der Waals surface area contributed by atoms with E-state index in [1.54, 1.807) is 0 Å². The zero-order valence-electron chi connectivity index (χ0n) is 22.2. The van der Waals surface area contributed by atoms with Crippen LogP contribution >= 0.6 is 51.2 Å². The molecule has 0 aliphatic carbocycles.